The predicted molar refractivity (Wildman–Crippen MR) is 119 cm³/mol. The molecular weight excluding hydrogens is 416 g/mol. The summed E-state index contributed by atoms with van der Waals surface area (Å²) in [6.07, 6.45) is 7.65. The zero-order chi connectivity index (χ0) is 22.3. The van der Waals surface area contributed by atoms with Crippen molar-refractivity contribution in [1.29, 1.82) is 0 Å². The molecule has 1 saturated carbocycles. The molecule has 2 heterocycles. The summed E-state index contributed by atoms with van der Waals surface area (Å²) in [5.41, 5.74) is 0.163. The van der Waals surface area contributed by atoms with E-state index in [2.05, 4.69) is 27.9 Å². The normalized spacial score (nSPS) is 15.3. The molecule has 0 bridgehead atoms. The summed E-state index contributed by atoms with van der Waals surface area (Å²) in [7, 11) is 0. The van der Waals surface area contributed by atoms with Crippen LogP contribution in [0.5, 0.6) is 0 Å². The van der Waals surface area contributed by atoms with E-state index in [4.69, 9.17) is 4.42 Å². The fraction of sp³-hybridized carbons (Fsp3) is 0.545. The molecule has 0 unspecified atom stereocenters. The van der Waals surface area contributed by atoms with Crippen LogP contribution in [0.2, 0.25) is 0 Å². The van der Waals surface area contributed by atoms with E-state index < -0.39 is 5.54 Å². The Morgan fingerprint density at radius 1 is 1.23 bits per heavy atom. The number of nitrogens with one attached hydrogen (secondary N) is 3. The van der Waals surface area contributed by atoms with E-state index in [1.54, 1.807) is 18.4 Å². The third kappa shape index (κ3) is 5.94. The number of rotatable bonds is 9. The molecule has 1 fully saturated rings. The van der Waals surface area contributed by atoms with Gasteiger partial charge in [-0.25, -0.2) is 4.98 Å². The molecule has 0 atom stereocenters. The van der Waals surface area contributed by atoms with Gasteiger partial charge in [-0.3, -0.25) is 19.7 Å². The zero-order valence-electron chi connectivity index (χ0n) is 18.1. The lowest BCUT2D eigenvalue weighted by Crippen LogP contribution is -2.60. The number of thiazole rings is 1. The molecule has 8 nitrogen and oxygen atoms in total. The van der Waals surface area contributed by atoms with Crippen LogP contribution in [0.3, 0.4) is 0 Å². The summed E-state index contributed by atoms with van der Waals surface area (Å²) in [4.78, 5) is 42.2. The lowest BCUT2D eigenvalue weighted by Gasteiger charge is -2.36. The van der Waals surface area contributed by atoms with E-state index in [1.807, 2.05) is 0 Å². The monoisotopic (exact) mass is 446 g/mol. The van der Waals surface area contributed by atoms with Crippen molar-refractivity contribution in [1.82, 2.24) is 15.6 Å². The Labute approximate surface area is 186 Å². The minimum Gasteiger partial charge on any atom is -0.469 e. The van der Waals surface area contributed by atoms with Gasteiger partial charge in [0.1, 0.15) is 11.3 Å². The smallest absolute Gasteiger partial charge is 0.260 e. The first-order chi connectivity index (χ1) is 14.9. The Kier molecular flexibility index (Phi) is 7.84. The number of furan rings is 1. The van der Waals surface area contributed by atoms with E-state index in [9.17, 15) is 14.4 Å². The first-order valence-electron chi connectivity index (χ1n) is 10.8. The lowest BCUT2D eigenvalue weighted by molar-refractivity contribution is -0.134. The molecule has 1 aliphatic carbocycles. The van der Waals surface area contributed by atoms with Crippen molar-refractivity contribution in [3.05, 3.63) is 34.7 Å². The Hall–Kier alpha value is -2.68. The number of hydrogen-bond acceptors (Lipinski definition) is 6. The molecule has 0 aliphatic heterocycles. The van der Waals surface area contributed by atoms with Crippen LogP contribution in [0.1, 0.15) is 73.7 Å². The van der Waals surface area contributed by atoms with Crippen LogP contribution >= 0.6 is 11.3 Å². The highest BCUT2D eigenvalue weighted by molar-refractivity contribution is 7.14. The molecule has 2 aromatic heterocycles. The van der Waals surface area contributed by atoms with Crippen molar-refractivity contribution in [2.24, 2.45) is 0 Å². The quantitative estimate of drug-likeness (QED) is 0.510. The fourth-order valence-electron chi connectivity index (χ4n) is 3.82. The van der Waals surface area contributed by atoms with Crippen molar-refractivity contribution in [2.75, 3.05) is 11.9 Å². The van der Waals surface area contributed by atoms with Gasteiger partial charge in [0, 0.05) is 11.9 Å². The van der Waals surface area contributed by atoms with Gasteiger partial charge in [-0.2, -0.15) is 0 Å². The Morgan fingerprint density at radius 3 is 2.68 bits per heavy atom. The van der Waals surface area contributed by atoms with Crippen molar-refractivity contribution >= 4 is 34.2 Å². The van der Waals surface area contributed by atoms with Gasteiger partial charge in [0.25, 0.3) is 5.91 Å². The van der Waals surface area contributed by atoms with Crippen molar-refractivity contribution < 1.29 is 18.8 Å². The maximum atomic E-state index is 12.9. The minimum atomic E-state index is -0.838. The maximum Gasteiger partial charge on any atom is 0.260 e. The average molecular weight is 447 g/mol. The van der Waals surface area contributed by atoms with E-state index in [1.165, 1.54) is 17.6 Å². The van der Waals surface area contributed by atoms with Crippen LogP contribution in [0.4, 0.5) is 5.13 Å². The van der Waals surface area contributed by atoms with Crippen molar-refractivity contribution in [3.63, 3.8) is 0 Å². The molecule has 0 aromatic carbocycles. The molecule has 3 rings (SSSR count). The number of nitrogens with zero attached hydrogens (tertiary/aromatic N) is 1. The van der Waals surface area contributed by atoms with Crippen molar-refractivity contribution in [3.8, 4) is 0 Å². The van der Waals surface area contributed by atoms with Gasteiger partial charge < -0.3 is 15.1 Å². The summed E-state index contributed by atoms with van der Waals surface area (Å²) in [6.45, 7) is 4.41. The largest absolute Gasteiger partial charge is 0.469 e. The lowest BCUT2D eigenvalue weighted by atomic mass is 9.80. The van der Waals surface area contributed by atoms with Gasteiger partial charge in [0.15, 0.2) is 5.13 Å². The highest BCUT2D eigenvalue weighted by Gasteiger charge is 2.40. The standard InChI is InChI=1S/C22H30N4O4S/c1-3-4-11-23-20(29)22(9-6-5-7-10-22)26-18(27)13-16-14-31-21(24-16)25-19(28)17-8-12-30-15(17)2/h8,12,14H,3-7,9-11,13H2,1-2H3,(H,23,29)(H,26,27)(H,24,25,28). The third-order valence-corrected chi connectivity index (χ3v) is 6.36. The summed E-state index contributed by atoms with van der Waals surface area (Å²) in [5, 5.41) is 10.9. The second-order valence-electron chi connectivity index (χ2n) is 7.97. The Balaban J connectivity index is 1.59. The van der Waals surface area contributed by atoms with Gasteiger partial charge in [-0.1, -0.05) is 32.6 Å². The van der Waals surface area contributed by atoms with E-state index in [-0.39, 0.29) is 24.1 Å². The number of hydrogen-bond donors (Lipinski definition) is 3. The minimum absolute atomic E-state index is 0.0566. The Bertz CT molecular complexity index is 914. The van der Waals surface area contributed by atoms with Crippen LogP contribution in [-0.4, -0.2) is 34.8 Å². The third-order valence-electron chi connectivity index (χ3n) is 5.55. The highest BCUT2D eigenvalue weighted by Crippen LogP contribution is 2.29. The van der Waals surface area contributed by atoms with E-state index in [0.717, 1.165) is 32.1 Å². The molecule has 3 N–H and O–H groups in total. The molecule has 31 heavy (non-hydrogen) atoms. The molecule has 1 aliphatic rings. The molecule has 9 heteroatoms. The van der Waals surface area contributed by atoms with Gasteiger partial charge >= 0.3 is 0 Å². The summed E-state index contributed by atoms with van der Waals surface area (Å²) in [6, 6.07) is 1.60. The molecular formula is C22H30N4O4S. The van der Waals surface area contributed by atoms with Crippen LogP contribution < -0.4 is 16.0 Å². The second kappa shape index (κ2) is 10.6. The Morgan fingerprint density at radius 2 is 2.00 bits per heavy atom. The molecule has 0 saturated heterocycles. The molecule has 0 spiro atoms. The van der Waals surface area contributed by atoms with Gasteiger partial charge in [-0.05, 0) is 32.3 Å². The zero-order valence-corrected chi connectivity index (χ0v) is 18.9. The summed E-state index contributed by atoms with van der Waals surface area (Å²) in [5.74, 6) is -0.0951. The number of aromatic nitrogens is 1. The fourth-order valence-corrected chi connectivity index (χ4v) is 4.52. The molecule has 0 radical (unpaired) electrons. The first-order valence-corrected chi connectivity index (χ1v) is 11.7. The topological polar surface area (TPSA) is 113 Å². The maximum absolute atomic E-state index is 12.9. The first kappa shape index (κ1) is 23.0. The number of aryl methyl sites for hydroxylation is 1. The molecule has 168 valence electrons. The second-order valence-corrected chi connectivity index (χ2v) is 8.82. The molecule has 3 amide bonds. The van der Waals surface area contributed by atoms with Crippen LogP contribution in [0, 0.1) is 6.92 Å². The molecule has 2 aromatic rings. The number of carbonyl (C=O) groups excluding carboxylic acids is 3. The SMILES string of the molecule is CCCCNC(=O)C1(NC(=O)Cc2csc(NC(=O)c3ccoc3C)n2)CCCCC1. The summed E-state index contributed by atoms with van der Waals surface area (Å²) >= 11 is 1.26. The van der Waals surface area contributed by atoms with Crippen molar-refractivity contribution in [2.45, 2.75) is 70.8 Å². The van der Waals surface area contributed by atoms with E-state index in [0.29, 0.717) is 41.5 Å². The van der Waals surface area contributed by atoms with E-state index >= 15 is 0 Å². The number of amides is 3. The van der Waals surface area contributed by atoms with Gasteiger partial charge in [0.05, 0.1) is 23.9 Å². The van der Waals surface area contributed by atoms with Crippen LogP contribution in [0.25, 0.3) is 0 Å². The van der Waals surface area contributed by atoms with Gasteiger partial charge in [0.2, 0.25) is 11.8 Å². The highest BCUT2D eigenvalue weighted by atomic mass is 32.1. The number of unbranched alkanes of at least 4 members (excludes halogenated alkanes) is 1. The average Bonchev–Trinajstić information content (AvgIpc) is 3.37. The number of anilines is 1. The van der Waals surface area contributed by atoms with Gasteiger partial charge in [-0.15, -0.1) is 11.3 Å². The summed E-state index contributed by atoms with van der Waals surface area (Å²) < 4.78 is 5.15. The predicted octanol–water partition coefficient (Wildman–Crippen LogP) is 3.57. The number of carbonyl (C=O) groups is 3. The van der Waals surface area contributed by atoms with Crippen LogP contribution in [0.15, 0.2) is 22.1 Å². The van der Waals surface area contributed by atoms with Crippen LogP contribution in [-0.2, 0) is 16.0 Å².